The SMILES string of the molecule is CCNC(=NCC1CN2CCCC2CO1)NCCc1cccc(C(=O)NC)c1.I. The molecule has 0 spiro atoms. The second-order valence-corrected chi connectivity index (χ2v) is 7.42. The zero-order valence-corrected chi connectivity index (χ0v) is 19.8. The minimum absolute atomic E-state index is 0. The predicted molar refractivity (Wildman–Crippen MR) is 127 cm³/mol. The standard InChI is InChI=1S/C21H33N5O2.HI/c1-3-23-21(25-13-19-14-26-11-5-8-18(26)15-28-19)24-10-9-16-6-4-7-17(12-16)20(27)22-2;/h4,6-7,12,18-19H,3,5,8-11,13-15H2,1-2H3,(H,22,27)(H2,23,24,25);1H. The van der Waals surface area contributed by atoms with Crippen molar-refractivity contribution in [3.63, 3.8) is 0 Å². The molecule has 0 aliphatic carbocycles. The van der Waals surface area contributed by atoms with Gasteiger partial charge in [0, 0.05) is 38.3 Å². The van der Waals surface area contributed by atoms with E-state index in [-0.39, 0.29) is 36.0 Å². The number of fused-ring (bicyclic) bond motifs is 1. The number of amides is 1. The lowest BCUT2D eigenvalue weighted by Gasteiger charge is -2.34. The summed E-state index contributed by atoms with van der Waals surface area (Å²) in [6.07, 6.45) is 3.55. The van der Waals surface area contributed by atoms with Crippen molar-refractivity contribution in [1.82, 2.24) is 20.9 Å². The quantitative estimate of drug-likeness (QED) is 0.293. The number of nitrogens with one attached hydrogen (secondary N) is 3. The second-order valence-electron chi connectivity index (χ2n) is 7.42. The Morgan fingerprint density at radius 3 is 3.00 bits per heavy atom. The van der Waals surface area contributed by atoms with E-state index < -0.39 is 0 Å². The van der Waals surface area contributed by atoms with Gasteiger partial charge in [0.25, 0.3) is 5.91 Å². The van der Waals surface area contributed by atoms with Crippen molar-refractivity contribution in [2.45, 2.75) is 38.3 Å². The Morgan fingerprint density at radius 1 is 1.34 bits per heavy atom. The molecular formula is C21H34IN5O2. The van der Waals surface area contributed by atoms with Gasteiger partial charge in [-0.1, -0.05) is 12.1 Å². The van der Waals surface area contributed by atoms with Crippen molar-refractivity contribution < 1.29 is 9.53 Å². The maximum atomic E-state index is 11.8. The first-order chi connectivity index (χ1) is 13.7. The number of benzene rings is 1. The highest BCUT2D eigenvalue weighted by atomic mass is 127. The highest BCUT2D eigenvalue weighted by Crippen LogP contribution is 2.22. The van der Waals surface area contributed by atoms with Crippen LogP contribution in [0.25, 0.3) is 0 Å². The number of carbonyl (C=O) groups excluding carboxylic acids is 1. The molecule has 7 nitrogen and oxygen atoms in total. The molecule has 3 N–H and O–H groups in total. The number of hydrogen-bond donors (Lipinski definition) is 3. The van der Waals surface area contributed by atoms with Crippen LogP contribution < -0.4 is 16.0 Å². The van der Waals surface area contributed by atoms with Crippen LogP contribution in [-0.4, -0.2) is 75.3 Å². The number of ether oxygens (including phenoxy) is 1. The van der Waals surface area contributed by atoms with E-state index in [1.54, 1.807) is 7.05 Å². The average Bonchev–Trinajstić information content (AvgIpc) is 3.19. The van der Waals surface area contributed by atoms with Crippen molar-refractivity contribution in [1.29, 1.82) is 0 Å². The number of halogens is 1. The minimum Gasteiger partial charge on any atom is -0.373 e. The first-order valence-electron chi connectivity index (χ1n) is 10.4. The zero-order valence-electron chi connectivity index (χ0n) is 17.4. The summed E-state index contributed by atoms with van der Waals surface area (Å²) in [5, 5.41) is 9.35. The minimum atomic E-state index is -0.0579. The molecule has 0 radical (unpaired) electrons. The average molecular weight is 515 g/mol. The molecule has 2 heterocycles. The molecule has 2 unspecified atom stereocenters. The third kappa shape index (κ3) is 7.11. The fraction of sp³-hybridized carbons (Fsp3) is 0.619. The Morgan fingerprint density at radius 2 is 2.21 bits per heavy atom. The van der Waals surface area contributed by atoms with Crippen molar-refractivity contribution in [2.75, 3.05) is 46.4 Å². The number of rotatable bonds is 7. The molecule has 0 aromatic heterocycles. The summed E-state index contributed by atoms with van der Waals surface area (Å²) in [4.78, 5) is 19.0. The van der Waals surface area contributed by atoms with Gasteiger partial charge < -0.3 is 20.7 Å². The molecular weight excluding hydrogens is 481 g/mol. The van der Waals surface area contributed by atoms with Crippen molar-refractivity contribution in [2.24, 2.45) is 4.99 Å². The summed E-state index contributed by atoms with van der Waals surface area (Å²) >= 11 is 0. The Balaban J connectivity index is 0.00000300. The summed E-state index contributed by atoms with van der Waals surface area (Å²) in [6.45, 7) is 7.33. The van der Waals surface area contributed by atoms with E-state index in [4.69, 9.17) is 9.73 Å². The van der Waals surface area contributed by atoms with E-state index >= 15 is 0 Å². The molecule has 2 aliphatic heterocycles. The molecule has 2 aliphatic rings. The molecule has 0 saturated carbocycles. The van der Waals surface area contributed by atoms with Crippen LogP contribution >= 0.6 is 24.0 Å². The summed E-state index contributed by atoms with van der Waals surface area (Å²) in [5.74, 6) is 0.759. The maximum Gasteiger partial charge on any atom is 0.251 e. The molecule has 8 heteroatoms. The predicted octanol–water partition coefficient (Wildman–Crippen LogP) is 1.63. The lowest BCUT2D eigenvalue weighted by molar-refractivity contribution is -0.0432. The fourth-order valence-electron chi connectivity index (χ4n) is 3.87. The summed E-state index contributed by atoms with van der Waals surface area (Å²) in [7, 11) is 1.65. The van der Waals surface area contributed by atoms with Crippen LogP contribution in [0.15, 0.2) is 29.3 Å². The van der Waals surface area contributed by atoms with Gasteiger partial charge in [0.15, 0.2) is 5.96 Å². The first kappa shape index (κ1) is 23.9. The zero-order chi connectivity index (χ0) is 19.8. The lowest BCUT2D eigenvalue weighted by Crippen LogP contribution is -2.47. The third-order valence-corrected chi connectivity index (χ3v) is 5.38. The van der Waals surface area contributed by atoms with Crippen LogP contribution in [0, 0.1) is 0 Å². The molecule has 2 saturated heterocycles. The van der Waals surface area contributed by atoms with E-state index in [1.807, 2.05) is 24.3 Å². The molecule has 1 amide bonds. The summed E-state index contributed by atoms with van der Waals surface area (Å²) < 4.78 is 6.00. The highest BCUT2D eigenvalue weighted by molar-refractivity contribution is 14.0. The van der Waals surface area contributed by atoms with Gasteiger partial charge >= 0.3 is 0 Å². The highest BCUT2D eigenvalue weighted by Gasteiger charge is 2.31. The molecule has 3 rings (SSSR count). The van der Waals surface area contributed by atoms with Crippen molar-refractivity contribution >= 4 is 35.8 Å². The molecule has 2 fully saturated rings. The normalized spacial score (nSPS) is 21.8. The molecule has 2 atom stereocenters. The number of aliphatic imine (C=N–C) groups is 1. The summed E-state index contributed by atoms with van der Waals surface area (Å²) in [6, 6.07) is 8.35. The monoisotopic (exact) mass is 515 g/mol. The summed E-state index contributed by atoms with van der Waals surface area (Å²) in [5.41, 5.74) is 1.82. The van der Waals surface area contributed by atoms with E-state index in [2.05, 4.69) is 27.8 Å². The van der Waals surface area contributed by atoms with E-state index in [1.165, 1.54) is 19.4 Å². The Bertz CT molecular complexity index is 685. The smallest absolute Gasteiger partial charge is 0.251 e. The number of carbonyl (C=O) groups is 1. The lowest BCUT2D eigenvalue weighted by atomic mass is 10.1. The Hall–Kier alpha value is -1.39. The molecule has 0 bridgehead atoms. The van der Waals surface area contributed by atoms with Gasteiger partial charge in [0.2, 0.25) is 0 Å². The largest absolute Gasteiger partial charge is 0.373 e. The van der Waals surface area contributed by atoms with Gasteiger partial charge in [-0.25, -0.2) is 0 Å². The number of morpholine rings is 1. The van der Waals surface area contributed by atoms with Gasteiger partial charge in [-0.2, -0.15) is 0 Å². The molecule has 1 aromatic rings. The van der Waals surface area contributed by atoms with Gasteiger partial charge in [-0.3, -0.25) is 14.7 Å². The number of nitrogens with zero attached hydrogens (tertiary/aromatic N) is 2. The topological polar surface area (TPSA) is 78.0 Å². The van der Waals surface area contributed by atoms with Crippen molar-refractivity contribution in [3.8, 4) is 0 Å². The van der Waals surface area contributed by atoms with Gasteiger partial charge in [0.05, 0.1) is 19.3 Å². The van der Waals surface area contributed by atoms with Gasteiger partial charge in [-0.05, 0) is 50.4 Å². The van der Waals surface area contributed by atoms with Crippen LogP contribution in [0.5, 0.6) is 0 Å². The van der Waals surface area contributed by atoms with Gasteiger partial charge in [-0.15, -0.1) is 24.0 Å². The third-order valence-electron chi connectivity index (χ3n) is 5.38. The van der Waals surface area contributed by atoms with Crippen LogP contribution in [0.4, 0.5) is 0 Å². The Labute approximate surface area is 191 Å². The van der Waals surface area contributed by atoms with Crippen LogP contribution in [-0.2, 0) is 11.2 Å². The van der Waals surface area contributed by atoms with Crippen LogP contribution in [0.3, 0.4) is 0 Å². The number of guanidine groups is 1. The maximum absolute atomic E-state index is 11.8. The van der Waals surface area contributed by atoms with Gasteiger partial charge in [0.1, 0.15) is 0 Å². The van der Waals surface area contributed by atoms with Crippen LogP contribution in [0.2, 0.25) is 0 Å². The fourth-order valence-corrected chi connectivity index (χ4v) is 3.87. The van der Waals surface area contributed by atoms with E-state index in [9.17, 15) is 4.79 Å². The molecule has 1 aromatic carbocycles. The van der Waals surface area contributed by atoms with E-state index in [0.717, 1.165) is 44.2 Å². The Kier molecular flexibility index (Phi) is 10.2. The second kappa shape index (κ2) is 12.3. The first-order valence-corrected chi connectivity index (χ1v) is 10.4. The van der Waals surface area contributed by atoms with Crippen LogP contribution in [0.1, 0.15) is 35.7 Å². The van der Waals surface area contributed by atoms with Crippen molar-refractivity contribution in [3.05, 3.63) is 35.4 Å². The molecule has 29 heavy (non-hydrogen) atoms. The number of hydrogen-bond acceptors (Lipinski definition) is 4. The molecule has 162 valence electrons. The van der Waals surface area contributed by atoms with E-state index in [0.29, 0.717) is 18.2 Å².